The maximum absolute atomic E-state index is 13.1. The van der Waals surface area contributed by atoms with Crippen LogP contribution in [0.2, 0.25) is 0 Å². The summed E-state index contributed by atoms with van der Waals surface area (Å²) in [6.07, 6.45) is 4.60. The molecule has 2 aliphatic rings. The summed E-state index contributed by atoms with van der Waals surface area (Å²) in [7, 11) is 0. The predicted octanol–water partition coefficient (Wildman–Crippen LogP) is 3.62. The zero-order valence-electron chi connectivity index (χ0n) is 12.4. The van der Waals surface area contributed by atoms with Gasteiger partial charge in [-0.3, -0.25) is 4.79 Å². The normalized spacial score (nSPS) is 20.5. The number of halogens is 3. The second-order valence-electron chi connectivity index (χ2n) is 6.17. The Balaban J connectivity index is 0.00000176. The van der Waals surface area contributed by atoms with E-state index in [4.69, 9.17) is 0 Å². The topological polar surface area (TPSA) is 32.3 Å². The smallest absolute Gasteiger partial charge is 0.255 e. The molecular weight excluding hydrogens is 371 g/mol. The van der Waals surface area contributed by atoms with Gasteiger partial charge in [0.2, 0.25) is 0 Å². The monoisotopic (exact) mass is 390 g/mol. The van der Waals surface area contributed by atoms with Gasteiger partial charge in [-0.2, -0.15) is 0 Å². The SMILES string of the molecule is Cl.O=C(c1ccc(F)cc1Br)N1CCC2(CCNCC2)CC1. The minimum absolute atomic E-state index is 0. The molecule has 3 rings (SSSR count). The molecule has 1 N–H and O–H groups in total. The molecule has 2 fully saturated rings. The van der Waals surface area contributed by atoms with E-state index in [-0.39, 0.29) is 24.1 Å². The maximum atomic E-state index is 13.1. The molecule has 2 saturated heterocycles. The van der Waals surface area contributed by atoms with Crippen molar-refractivity contribution in [3.8, 4) is 0 Å². The first-order valence-electron chi connectivity index (χ1n) is 7.55. The fraction of sp³-hybridized carbons (Fsp3) is 0.562. The molecule has 2 aliphatic heterocycles. The van der Waals surface area contributed by atoms with Crippen molar-refractivity contribution in [3.63, 3.8) is 0 Å². The zero-order valence-corrected chi connectivity index (χ0v) is 14.8. The molecule has 0 radical (unpaired) electrons. The van der Waals surface area contributed by atoms with Crippen LogP contribution in [0.4, 0.5) is 4.39 Å². The van der Waals surface area contributed by atoms with Crippen LogP contribution in [0, 0.1) is 11.2 Å². The predicted molar refractivity (Wildman–Crippen MR) is 91.0 cm³/mol. The van der Waals surface area contributed by atoms with Gasteiger partial charge in [0.05, 0.1) is 5.56 Å². The fourth-order valence-corrected chi connectivity index (χ4v) is 3.99. The van der Waals surface area contributed by atoms with Gasteiger partial charge in [0.15, 0.2) is 0 Å². The maximum Gasteiger partial charge on any atom is 0.255 e. The lowest BCUT2D eigenvalue weighted by atomic mass is 9.71. The lowest BCUT2D eigenvalue weighted by molar-refractivity contribution is 0.0495. The van der Waals surface area contributed by atoms with Crippen molar-refractivity contribution in [1.29, 1.82) is 0 Å². The molecule has 1 aromatic carbocycles. The largest absolute Gasteiger partial charge is 0.339 e. The number of hydrogen-bond acceptors (Lipinski definition) is 2. The van der Waals surface area contributed by atoms with Crippen LogP contribution in [0.25, 0.3) is 0 Å². The second-order valence-corrected chi connectivity index (χ2v) is 7.02. The minimum atomic E-state index is -0.328. The zero-order chi connectivity index (χ0) is 14.9. The number of carbonyl (C=O) groups excluding carboxylic acids is 1. The van der Waals surface area contributed by atoms with Crippen molar-refractivity contribution in [2.45, 2.75) is 25.7 Å². The van der Waals surface area contributed by atoms with Crippen LogP contribution in [-0.2, 0) is 0 Å². The Kier molecular flexibility index (Phi) is 5.86. The number of carbonyl (C=O) groups is 1. The Bertz CT molecular complexity index is 539. The van der Waals surface area contributed by atoms with E-state index < -0.39 is 0 Å². The Morgan fingerprint density at radius 2 is 1.82 bits per heavy atom. The van der Waals surface area contributed by atoms with Crippen molar-refractivity contribution >= 4 is 34.2 Å². The highest BCUT2D eigenvalue weighted by molar-refractivity contribution is 9.10. The number of piperidine rings is 2. The molecule has 0 aromatic heterocycles. The van der Waals surface area contributed by atoms with Crippen LogP contribution in [0.3, 0.4) is 0 Å². The van der Waals surface area contributed by atoms with Crippen LogP contribution >= 0.6 is 28.3 Å². The molecule has 2 heterocycles. The molecule has 0 aliphatic carbocycles. The van der Waals surface area contributed by atoms with Gasteiger partial charge in [-0.05, 0) is 78.3 Å². The minimum Gasteiger partial charge on any atom is -0.339 e. The van der Waals surface area contributed by atoms with E-state index in [1.807, 2.05) is 4.90 Å². The molecule has 1 amide bonds. The van der Waals surface area contributed by atoms with Gasteiger partial charge in [0.25, 0.3) is 5.91 Å². The van der Waals surface area contributed by atoms with E-state index in [0.29, 0.717) is 15.5 Å². The lowest BCUT2D eigenvalue weighted by Gasteiger charge is -2.44. The van der Waals surface area contributed by atoms with Crippen molar-refractivity contribution in [3.05, 3.63) is 34.1 Å². The average molecular weight is 392 g/mol. The van der Waals surface area contributed by atoms with E-state index in [0.717, 1.165) is 39.0 Å². The molecule has 122 valence electrons. The molecule has 3 nitrogen and oxygen atoms in total. The first-order valence-corrected chi connectivity index (χ1v) is 8.34. The first-order chi connectivity index (χ1) is 10.1. The number of benzene rings is 1. The van der Waals surface area contributed by atoms with E-state index in [1.165, 1.54) is 25.0 Å². The van der Waals surface area contributed by atoms with Crippen LogP contribution in [0.1, 0.15) is 36.0 Å². The van der Waals surface area contributed by atoms with Crippen molar-refractivity contribution < 1.29 is 9.18 Å². The van der Waals surface area contributed by atoms with Gasteiger partial charge in [-0.15, -0.1) is 12.4 Å². The van der Waals surface area contributed by atoms with Crippen LogP contribution in [0.15, 0.2) is 22.7 Å². The summed E-state index contributed by atoms with van der Waals surface area (Å²) < 4.78 is 13.7. The standard InChI is InChI=1S/C16H20BrFN2O.ClH/c17-14-11-12(18)1-2-13(14)15(21)20-9-5-16(6-10-20)3-7-19-8-4-16;/h1-2,11,19H,3-10H2;1H. The highest BCUT2D eigenvalue weighted by Crippen LogP contribution is 2.39. The van der Waals surface area contributed by atoms with Gasteiger partial charge < -0.3 is 10.2 Å². The van der Waals surface area contributed by atoms with E-state index in [1.54, 1.807) is 6.07 Å². The highest BCUT2D eigenvalue weighted by atomic mass is 79.9. The van der Waals surface area contributed by atoms with Gasteiger partial charge in [-0.25, -0.2) is 4.39 Å². The third-order valence-electron chi connectivity index (χ3n) is 4.94. The Hall–Kier alpha value is -0.650. The van der Waals surface area contributed by atoms with Gasteiger partial charge in [-0.1, -0.05) is 0 Å². The number of likely N-dealkylation sites (tertiary alicyclic amines) is 1. The number of rotatable bonds is 1. The lowest BCUT2D eigenvalue weighted by Crippen LogP contribution is -2.47. The molecule has 1 spiro atoms. The van der Waals surface area contributed by atoms with Crippen LogP contribution in [0.5, 0.6) is 0 Å². The van der Waals surface area contributed by atoms with Crippen molar-refractivity contribution in [2.75, 3.05) is 26.2 Å². The van der Waals surface area contributed by atoms with Gasteiger partial charge in [0.1, 0.15) is 5.82 Å². The molecule has 0 unspecified atom stereocenters. The third kappa shape index (κ3) is 3.63. The third-order valence-corrected chi connectivity index (χ3v) is 5.59. The Morgan fingerprint density at radius 3 is 2.41 bits per heavy atom. The second kappa shape index (κ2) is 7.28. The summed E-state index contributed by atoms with van der Waals surface area (Å²) in [6, 6.07) is 4.26. The number of nitrogens with one attached hydrogen (secondary N) is 1. The average Bonchev–Trinajstić information content (AvgIpc) is 2.48. The van der Waals surface area contributed by atoms with E-state index in [9.17, 15) is 9.18 Å². The van der Waals surface area contributed by atoms with Crippen molar-refractivity contribution in [1.82, 2.24) is 10.2 Å². The number of nitrogens with zero attached hydrogens (tertiary/aromatic N) is 1. The summed E-state index contributed by atoms with van der Waals surface area (Å²) in [5.41, 5.74) is 0.986. The molecule has 0 bridgehead atoms. The van der Waals surface area contributed by atoms with Crippen LogP contribution in [-0.4, -0.2) is 37.0 Å². The van der Waals surface area contributed by atoms with Gasteiger partial charge >= 0.3 is 0 Å². The van der Waals surface area contributed by atoms with Gasteiger partial charge in [0, 0.05) is 17.6 Å². The summed E-state index contributed by atoms with van der Waals surface area (Å²) in [6.45, 7) is 3.81. The van der Waals surface area contributed by atoms with Crippen molar-refractivity contribution in [2.24, 2.45) is 5.41 Å². The molecule has 0 saturated carbocycles. The first kappa shape index (κ1) is 17.7. The summed E-state index contributed by atoms with van der Waals surface area (Å²) >= 11 is 3.29. The Labute approximate surface area is 145 Å². The fourth-order valence-electron chi connectivity index (χ4n) is 3.47. The molecule has 6 heteroatoms. The highest BCUT2D eigenvalue weighted by Gasteiger charge is 2.37. The van der Waals surface area contributed by atoms with Crippen LogP contribution < -0.4 is 5.32 Å². The molecule has 0 atom stereocenters. The van der Waals surface area contributed by atoms with E-state index >= 15 is 0 Å². The number of amides is 1. The summed E-state index contributed by atoms with van der Waals surface area (Å²) in [5.74, 6) is -0.323. The molecule has 22 heavy (non-hydrogen) atoms. The Morgan fingerprint density at radius 1 is 1.18 bits per heavy atom. The quantitative estimate of drug-likeness (QED) is 0.793. The summed E-state index contributed by atoms with van der Waals surface area (Å²) in [5, 5.41) is 3.41. The molecule has 1 aromatic rings. The number of hydrogen-bond donors (Lipinski definition) is 1. The summed E-state index contributed by atoms with van der Waals surface area (Å²) in [4.78, 5) is 14.5. The molecular formula is C16H21BrClFN2O. The van der Waals surface area contributed by atoms with E-state index in [2.05, 4.69) is 21.2 Å².